The summed E-state index contributed by atoms with van der Waals surface area (Å²) in [5, 5.41) is 9.89. The smallest absolute Gasteiger partial charge is 0.339 e. The van der Waals surface area contributed by atoms with Gasteiger partial charge in [0.1, 0.15) is 29.4 Å². The van der Waals surface area contributed by atoms with Crippen molar-refractivity contribution in [1.82, 2.24) is 9.55 Å². The highest BCUT2D eigenvalue weighted by Gasteiger charge is 2.26. The fraction of sp³-hybridized carbons (Fsp3) is 0.440. The molecule has 1 fully saturated rings. The van der Waals surface area contributed by atoms with Gasteiger partial charge in [-0.1, -0.05) is 19.6 Å². The number of carboxylic acids is 1. The molecule has 6 nitrogen and oxygen atoms in total. The van der Waals surface area contributed by atoms with Gasteiger partial charge in [-0.25, -0.2) is 9.18 Å². The number of aromatic nitrogens is 2. The average Bonchev–Trinajstić information content (AvgIpc) is 3.52. The molecule has 0 saturated heterocycles. The molecule has 1 aliphatic rings. The molecule has 33 heavy (non-hydrogen) atoms. The van der Waals surface area contributed by atoms with Gasteiger partial charge in [-0.05, 0) is 56.0 Å². The van der Waals surface area contributed by atoms with E-state index in [0.717, 1.165) is 18.9 Å². The quantitative estimate of drug-likeness (QED) is 0.293. The lowest BCUT2D eigenvalue weighted by Crippen LogP contribution is -2.22. The van der Waals surface area contributed by atoms with Crippen LogP contribution in [0.4, 0.5) is 4.39 Å². The van der Waals surface area contributed by atoms with Crippen molar-refractivity contribution in [1.29, 1.82) is 0 Å². The molecule has 1 aromatic carbocycles. The molecule has 8 heteroatoms. The lowest BCUT2D eigenvalue weighted by atomic mass is 10.0. The molecule has 0 atom stereocenters. The molecule has 0 bridgehead atoms. The van der Waals surface area contributed by atoms with Crippen LogP contribution in [0.25, 0.3) is 22.2 Å². The predicted molar refractivity (Wildman–Crippen MR) is 129 cm³/mol. The Morgan fingerprint density at radius 2 is 2.00 bits per heavy atom. The third kappa shape index (κ3) is 5.28. The van der Waals surface area contributed by atoms with Crippen LogP contribution in [-0.4, -0.2) is 41.9 Å². The summed E-state index contributed by atoms with van der Waals surface area (Å²) < 4.78 is 28.2. The summed E-state index contributed by atoms with van der Waals surface area (Å²) in [6.45, 7) is 9.99. The summed E-state index contributed by atoms with van der Waals surface area (Å²) >= 11 is 0. The normalized spacial score (nSPS) is 14.1. The summed E-state index contributed by atoms with van der Waals surface area (Å²) in [5.41, 5.74) is 2.93. The Balaban J connectivity index is 1.80. The number of rotatable bonds is 10. The predicted octanol–water partition coefficient (Wildman–Crippen LogP) is 5.95. The monoisotopic (exact) mass is 470 g/mol. The number of carboxylic acid groups (broad SMARTS) is 1. The number of hydrogen-bond acceptors (Lipinski definition) is 4. The van der Waals surface area contributed by atoms with Crippen molar-refractivity contribution in [2.24, 2.45) is 5.92 Å². The average molecular weight is 471 g/mol. The zero-order valence-corrected chi connectivity index (χ0v) is 20.7. The van der Waals surface area contributed by atoms with Crippen molar-refractivity contribution < 1.29 is 23.8 Å². The molecule has 0 radical (unpaired) electrons. The Hall–Kier alpha value is -2.71. The van der Waals surface area contributed by atoms with Gasteiger partial charge in [0, 0.05) is 37.7 Å². The van der Waals surface area contributed by atoms with E-state index in [4.69, 9.17) is 9.47 Å². The fourth-order valence-electron chi connectivity index (χ4n) is 3.88. The first-order valence-electron chi connectivity index (χ1n) is 11.4. The number of halogens is 1. The van der Waals surface area contributed by atoms with Crippen molar-refractivity contribution in [3.8, 4) is 16.9 Å². The number of fused-ring (bicyclic) bond motifs is 1. The van der Waals surface area contributed by atoms with E-state index in [0.29, 0.717) is 52.7 Å². The van der Waals surface area contributed by atoms with Gasteiger partial charge >= 0.3 is 5.97 Å². The van der Waals surface area contributed by atoms with E-state index in [1.165, 1.54) is 12.1 Å². The number of benzene rings is 1. The highest BCUT2D eigenvalue weighted by Crippen LogP contribution is 2.39. The van der Waals surface area contributed by atoms with E-state index in [1.54, 1.807) is 25.3 Å². The Morgan fingerprint density at radius 1 is 1.24 bits per heavy atom. The van der Waals surface area contributed by atoms with Crippen LogP contribution >= 0.6 is 0 Å². The minimum atomic E-state index is -1.27. The number of aromatic carboxylic acids is 1. The van der Waals surface area contributed by atoms with E-state index in [9.17, 15) is 14.3 Å². The Kier molecular flexibility index (Phi) is 6.58. The van der Waals surface area contributed by atoms with Gasteiger partial charge in [0.15, 0.2) is 0 Å². The molecule has 2 aromatic heterocycles. The molecular formula is C25H31FN2O4Si. The van der Waals surface area contributed by atoms with Crippen LogP contribution in [0.5, 0.6) is 5.75 Å². The standard InChI is InChI=1S/C25H31FN2O4Si/c1-16-22(25(29)30)23-24(28(16)15-31-11-12-33(2,3)4)19(9-10-27-23)20-13-18(26)7-8-21(20)32-14-17-5-6-17/h7-10,13,17H,5-6,11-12,14-15H2,1-4H3,(H,29,30). The van der Waals surface area contributed by atoms with Gasteiger partial charge in [0.05, 0.1) is 12.1 Å². The molecular weight excluding hydrogens is 439 g/mol. The molecule has 176 valence electrons. The third-order valence-corrected chi connectivity index (χ3v) is 7.74. The van der Waals surface area contributed by atoms with E-state index < -0.39 is 14.0 Å². The van der Waals surface area contributed by atoms with Gasteiger partial charge < -0.3 is 19.1 Å². The highest BCUT2D eigenvalue weighted by atomic mass is 28.3. The maximum absolute atomic E-state index is 14.3. The van der Waals surface area contributed by atoms with E-state index in [-0.39, 0.29) is 18.1 Å². The van der Waals surface area contributed by atoms with Crippen molar-refractivity contribution in [3.05, 3.63) is 47.5 Å². The fourth-order valence-corrected chi connectivity index (χ4v) is 4.64. The van der Waals surface area contributed by atoms with Crippen LogP contribution in [0, 0.1) is 18.7 Å². The largest absolute Gasteiger partial charge is 0.493 e. The van der Waals surface area contributed by atoms with E-state index >= 15 is 0 Å². The van der Waals surface area contributed by atoms with Crippen molar-refractivity contribution >= 4 is 25.1 Å². The number of nitrogens with zero attached hydrogens (tertiary/aromatic N) is 2. The van der Waals surface area contributed by atoms with E-state index in [2.05, 4.69) is 24.6 Å². The highest BCUT2D eigenvalue weighted by molar-refractivity contribution is 6.76. The van der Waals surface area contributed by atoms with Gasteiger partial charge in [0.2, 0.25) is 0 Å². The number of ether oxygens (including phenoxy) is 2. The van der Waals surface area contributed by atoms with Crippen LogP contribution in [0.3, 0.4) is 0 Å². The van der Waals surface area contributed by atoms with Gasteiger partial charge in [-0.15, -0.1) is 0 Å². The zero-order chi connectivity index (χ0) is 23.8. The van der Waals surface area contributed by atoms with Gasteiger partial charge in [-0.3, -0.25) is 4.98 Å². The number of hydrogen-bond donors (Lipinski definition) is 1. The molecule has 0 aliphatic heterocycles. The van der Waals surface area contributed by atoms with Crippen molar-refractivity contribution in [3.63, 3.8) is 0 Å². The number of carbonyl (C=O) groups is 1. The topological polar surface area (TPSA) is 73.6 Å². The van der Waals surface area contributed by atoms with Gasteiger partial charge in [0.25, 0.3) is 0 Å². The maximum atomic E-state index is 14.3. The molecule has 1 aliphatic carbocycles. The maximum Gasteiger partial charge on any atom is 0.339 e. The molecule has 1 N–H and O–H groups in total. The van der Waals surface area contributed by atoms with Crippen LogP contribution in [0.15, 0.2) is 30.5 Å². The summed E-state index contributed by atoms with van der Waals surface area (Å²) in [7, 11) is -1.27. The lowest BCUT2D eigenvalue weighted by molar-refractivity contribution is 0.0694. The lowest BCUT2D eigenvalue weighted by Gasteiger charge is -2.17. The second-order valence-corrected chi connectivity index (χ2v) is 15.6. The molecule has 2 heterocycles. The molecule has 3 aromatic rings. The minimum absolute atomic E-state index is 0.137. The molecule has 0 amide bonds. The second-order valence-electron chi connectivity index (χ2n) is 9.99. The van der Waals surface area contributed by atoms with Crippen LogP contribution in [0.2, 0.25) is 25.7 Å². The van der Waals surface area contributed by atoms with Crippen LogP contribution in [0.1, 0.15) is 28.9 Å². The minimum Gasteiger partial charge on any atom is -0.493 e. The van der Waals surface area contributed by atoms with Crippen molar-refractivity contribution in [2.75, 3.05) is 13.2 Å². The summed E-state index contributed by atoms with van der Waals surface area (Å²) in [6.07, 6.45) is 3.86. The van der Waals surface area contributed by atoms with Gasteiger partial charge in [-0.2, -0.15) is 0 Å². The first kappa shape index (κ1) is 23.4. The molecule has 0 spiro atoms. The number of pyridine rings is 1. The first-order chi connectivity index (χ1) is 15.7. The van der Waals surface area contributed by atoms with E-state index in [1.807, 2.05) is 4.57 Å². The Bertz CT molecular complexity index is 1180. The first-order valence-corrected chi connectivity index (χ1v) is 15.1. The molecule has 4 rings (SSSR count). The van der Waals surface area contributed by atoms with Crippen LogP contribution in [-0.2, 0) is 11.5 Å². The SMILES string of the molecule is Cc1c(C(=O)O)c2nccc(-c3cc(F)ccc3OCC3CC3)c2n1COCC[Si](C)(C)C. The second kappa shape index (κ2) is 9.27. The Labute approximate surface area is 194 Å². The summed E-state index contributed by atoms with van der Waals surface area (Å²) in [6, 6.07) is 7.25. The third-order valence-electron chi connectivity index (χ3n) is 6.03. The molecule has 0 unspecified atom stereocenters. The Morgan fingerprint density at radius 3 is 2.67 bits per heavy atom. The van der Waals surface area contributed by atoms with Crippen molar-refractivity contribution in [2.45, 2.75) is 52.2 Å². The summed E-state index contributed by atoms with van der Waals surface area (Å²) in [4.78, 5) is 16.5. The molecule has 1 saturated carbocycles. The summed E-state index contributed by atoms with van der Waals surface area (Å²) in [5.74, 6) is -0.302. The van der Waals surface area contributed by atoms with Crippen LogP contribution < -0.4 is 4.74 Å². The zero-order valence-electron chi connectivity index (χ0n) is 19.7.